The van der Waals surface area contributed by atoms with Gasteiger partial charge in [0.2, 0.25) is 0 Å². The van der Waals surface area contributed by atoms with Gasteiger partial charge in [0.15, 0.2) is 6.10 Å². The van der Waals surface area contributed by atoms with Gasteiger partial charge in [-0.3, -0.25) is 4.57 Å². The van der Waals surface area contributed by atoms with Gasteiger partial charge < -0.3 is 9.47 Å². The average Bonchev–Trinajstić information content (AvgIpc) is 3.14. The van der Waals surface area contributed by atoms with Crippen molar-refractivity contribution in [3.63, 3.8) is 0 Å². The van der Waals surface area contributed by atoms with E-state index in [1.54, 1.807) is 30.5 Å². The third kappa shape index (κ3) is 6.52. The molecule has 1 aromatic heterocycles. The zero-order chi connectivity index (χ0) is 25.6. The fourth-order valence-electron chi connectivity index (χ4n) is 3.53. The largest absolute Gasteiger partial charge is 0.479 e. The standard InChI is InChI=1S/C25H28F3N3O4/c1-4-16-30-22(29-31(24(30)33)20-11-9-19(10-12-20)25(26,27)28)15-8-18-6-13-21(14-7-18)35-17(3)23(32)34-5-2/h6-7,9-14,17H,4-5,8,15-16H2,1-3H3. The van der Waals surface area contributed by atoms with E-state index in [-0.39, 0.29) is 12.3 Å². The van der Waals surface area contributed by atoms with Crippen molar-refractivity contribution in [1.82, 2.24) is 14.3 Å². The molecule has 0 aliphatic rings. The number of rotatable bonds is 10. The van der Waals surface area contributed by atoms with Crippen LogP contribution in [0.5, 0.6) is 5.75 Å². The highest BCUT2D eigenvalue weighted by molar-refractivity contribution is 5.74. The molecule has 0 saturated carbocycles. The topological polar surface area (TPSA) is 75.3 Å². The van der Waals surface area contributed by atoms with Crippen LogP contribution < -0.4 is 10.4 Å². The highest BCUT2D eigenvalue weighted by Gasteiger charge is 2.30. The molecule has 7 nitrogen and oxygen atoms in total. The molecular formula is C25H28F3N3O4. The lowest BCUT2D eigenvalue weighted by Gasteiger charge is -2.13. The molecule has 0 saturated heterocycles. The van der Waals surface area contributed by atoms with Gasteiger partial charge in [-0.05, 0) is 68.7 Å². The second-order valence-corrected chi connectivity index (χ2v) is 7.96. The average molecular weight is 492 g/mol. The van der Waals surface area contributed by atoms with Gasteiger partial charge >= 0.3 is 17.8 Å². The Balaban J connectivity index is 1.73. The molecule has 10 heteroatoms. The van der Waals surface area contributed by atoms with E-state index in [0.29, 0.717) is 37.4 Å². The number of alkyl halides is 3. The molecule has 1 atom stereocenters. The van der Waals surface area contributed by atoms with Gasteiger partial charge in [0.1, 0.15) is 11.6 Å². The Morgan fingerprint density at radius 3 is 2.26 bits per heavy atom. The van der Waals surface area contributed by atoms with E-state index in [1.807, 2.05) is 19.1 Å². The predicted molar refractivity (Wildman–Crippen MR) is 124 cm³/mol. The summed E-state index contributed by atoms with van der Waals surface area (Å²) in [5, 5.41) is 4.41. The number of benzene rings is 2. The zero-order valence-electron chi connectivity index (χ0n) is 19.8. The summed E-state index contributed by atoms with van der Waals surface area (Å²) in [7, 11) is 0. The number of esters is 1. The molecule has 1 heterocycles. The number of hydrogen-bond acceptors (Lipinski definition) is 5. The summed E-state index contributed by atoms with van der Waals surface area (Å²) >= 11 is 0. The quantitative estimate of drug-likeness (QED) is 0.388. The van der Waals surface area contributed by atoms with Crippen molar-refractivity contribution in [3.8, 4) is 11.4 Å². The number of ether oxygens (including phenoxy) is 2. The van der Waals surface area contributed by atoms with Crippen LogP contribution in [0, 0.1) is 0 Å². The number of carbonyl (C=O) groups is 1. The van der Waals surface area contributed by atoms with E-state index < -0.39 is 29.5 Å². The van der Waals surface area contributed by atoms with Crippen molar-refractivity contribution >= 4 is 5.97 Å². The Bertz CT molecular complexity index is 1180. The molecule has 0 radical (unpaired) electrons. The van der Waals surface area contributed by atoms with Gasteiger partial charge in [0.05, 0.1) is 17.9 Å². The monoisotopic (exact) mass is 491 g/mol. The van der Waals surface area contributed by atoms with Crippen LogP contribution in [0.15, 0.2) is 53.3 Å². The van der Waals surface area contributed by atoms with Crippen LogP contribution in [-0.4, -0.2) is 33.0 Å². The number of halogens is 3. The fraction of sp³-hybridized carbons (Fsp3) is 0.400. The molecule has 0 spiro atoms. The summed E-state index contributed by atoms with van der Waals surface area (Å²) in [6.45, 7) is 6.01. The first-order chi connectivity index (χ1) is 16.6. The molecule has 35 heavy (non-hydrogen) atoms. The Kier molecular flexibility index (Phi) is 8.37. The lowest BCUT2D eigenvalue weighted by atomic mass is 10.1. The number of aromatic nitrogens is 3. The SMILES string of the molecule is CCCn1c(CCc2ccc(OC(C)C(=O)OCC)cc2)nn(-c2ccc(C(F)(F)F)cc2)c1=O. The van der Waals surface area contributed by atoms with Crippen molar-refractivity contribution in [2.45, 2.75) is 58.9 Å². The third-order valence-electron chi connectivity index (χ3n) is 5.32. The molecule has 0 amide bonds. The molecule has 0 aliphatic carbocycles. The molecule has 2 aromatic carbocycles. The van der Waals surface area contributed by atoms with Gasteiger partial charge in [0.25, 0.3) is 0 Å². The maximum Gasteiger partial charge on any atom is 0.416 e. The van der Waals surface area contributed by atoms with Gasteiger partial charge in [-0.25, -0.2) is 9.59 Å². The van der Waals surface area contributed by atoms with Crippen LogP contribution in [0.4, 0.5) is 13.2 Å². The summed E-state index contributed by atoms with van der Waals surface area (Å²) in [6, 6.07) is 11.6. The summed E-state index contributed by atoms with van der Waals surface area (Å²) in [4.78, 5) is 24.6. The minimum Gasteiger partial charge on any atom is -0.479 e. The predicted octanol–water partition coefficient (Wildman–Crippen LogP) is 4.58. The Morgan fingerprint density at radius 2 is 1.69 bits per heavy atom. The third-order valence-corrected chi connectivity index (χ3v) is 5.32. The van der Waals surface area contributed by atoms with E-state index in [9.17, 15) is 22.8 Å². The van der Waals surface area contributed by atoms with Crippen molar-refractivity contribution in [2.24, 2.45) is 0 Å². The maximum absolute atomic E-state index is 12.9. The van der Waals surface area contributed by atoms with Gasteiger partial charge in [0, 0.05) is 13.0 Å². The van der Waals surface area contributed by atoms with E-state index in [2.05, 4.69) is 5.10 Å². The minimum atomic E-state index is -4.45. The van der Waals surface area contributed by atoms with Crippen molar-refractivity contribution in [2.75, 3.05) is 6.61 Å². The zero-order valence-corrected chi connectivity index (χ0v) is 19.8. The molecular weight excluding hydrogens is 463 g/mol. The molecule has 3 rings (SSSR count). The van der Waals surface area contributed by atoms with Gasteiger partial charge in [-0.2, -0.15) is 17.9 Å². The van der Waals surface area contributed by atoms with Crippen LogP contribution in [0.25, 0.3) is 5.69 Å². The summed E-state index contributed by atoms with van der Waals surface area (Å²) in [5.74, 6) is 0.644. The number of carbonyl (C=O) groups excluding carboxylic acids is 1. The summed E-state index contributed by atoms with van der Waals surface area (Å²) in [6.07, 6.45) is -3.42. The molecule has 188 valence electrons. The van der Waals surface area contributed by atoms with Crippen LogP contribution in [-0.2, 0) is 35.1 Å². The number of nitrogens with zero attached hydrogens (tertiary/aromatic N) is 3. The lowest BCUT2D eigenvalue weighted by Crippen LogP contribution is -2.26. The second kappa shape index (κ2) is 11.2. The molecule has 0 aliphatic heterocycles. The van der Waals surface area contributed by atoms with Crippen LogP contribution in [0.3, 0.4) is 0 Å². The second-order valence-electron chi connectivity index (χ2n) is 7.96. The Labute approximate surface area is 201 Å². The van der Waals surface area contributed by atoms with Crippen LogP contribution >= 0.6 is 0 Å². The van der Waals surface area contributed by atoms with Crippen molar-refractivity contribution < 1.29 is 27.4 Å². The Morgan fingerprint density at radius 1 is 1.03 bits per heavy atom. The first-order valence-electron chi connectivity index (χ1n) is 11.4. The van der Waals surface area contributed by atoms with Gasteiger partial charge in [-0.1, -0.05) is 19.1 Å². The van der Waals surface area contributed by atoms with Crippen LogP contribution in [0.2, 0.25) is 0 Å². The van der Waals surface area contributed by atoms with Gasteiger partial charge in [-0.15, -0.1) is 5.10 Å². The smallest absolute Gasteiger partial charge is 0.416 e. The minimum absolute atomic E-state index is 0.274. The highest BCUT2D eigenvalue weighted by Crippen LogP contribution is 2.29. The molecule has 1 unspecified atom stereocenters. The van der Waals surface area contributed by atoms with Crippen molar-refractivity contribution in [1.29, 1.82) is 0 Å². The fourth-order valence-corrected chi connectivity index (χ4v) is 3.53. The lowest BCUT2D eigenvalue weighted by molar-refractivity contribution is -0.150. The van der Waals surface area contributed by atoms with Crippen molar-refractivity contribution in [3.05, 3.63) is 76.0 Å². The molecule has 3 aromatic rings. The highest BCUT2D eigenvalue weighted by atomic mass is 19.4. The molecule has 0 N–H and O–H groups in total. The molecule has 0 bridgehead atoms. The van der Waals surface area contributed by atoms with E-state index in [1.165, 1.54) is 12.1 Å². The van der Waals surface area contributed by atoms with E-state index >= 15 is 0 Å². The number of aryl methyl sites for hydroxylation is 2. The maximum atomic E-state index is 12.9. The summed E-state index contributed by atoms with van der Waals surface area (Å²) < 4.78 is 51.8. The Hall–Kier alpha value is -3.56. The number of hydrogen-bond donors (Lipinski definition) is 0. The normalized spacial score (nSPS) is 12.4. The van der Waals surface area contributed by atoms with Crippen LogP contribution in [0.1, 0.15) is 44.1 Å². The van der Waals surface area contributed by atoms with E-state index in [4.69, 9.17) is 9.47 Å². The first kappa shape index (κ1) is 26.1. The molecule has 0 fully saturated rings. The summed E-state index contributed by atoms with van der Waals surface area (Å²) in [5.41, 5.74) is 0.0712. The first-order valence-corrected chi connectivity index (χ1v) is 11.4. The van der Waals surface area contributed by atoms with E-state index in [0.717, 1.165) is 22.4 Å².